The van der Waals surface area contributed by atoms with E-state index in [4.69, 9.17) is 0 Å². The highest BCUT2D eigenvalue weighted by Crippen LogP contribution is 2.48. The van der Waals surface area contributed by atoms with E-state index in [0.29, 0.717) is 0 Å². The molecule has 0 atom stereocenters. The first-order valence-electron chi connectivity index (χ1n) is 23.6. The first kappa shape index (κ1) is 49.1. The van der Waals surface area contributed by atoms with E-state index < -0.39 is 0 Å². The lowest BCUT2D eigenvalue weighted by Gasteiger charge is -2.30. The molecule has 0 nitrogen and oxygen atoms in total. The fourth-order valence-electron chi connectivity index (χ4n) is 8.15. The van der Waals surface area contributed by atoms with E-state index in [1.54, 1.807) is 0 Å². The van der Waals surface area contributed by atoms with Gasteiger partial charge in [-0.2, -0.15) is 0 Å². The highest BCUT2D eigenvalue weighted by atomic mass is 14.3. The Balaban J connectivity index is 2.16. The Morgan fingerprint density at radius 2 is 0.274 bits per heavy atom. The van der Waals surface area contributed by atoms with Crippen molar-refractivity contribution in [2.24, 2.45) is 0 Å². The van der Waals surface area contributed by atoms with E-state index in [0.717, 1.165) is 0 Å². The van der Waals surface area contributed by atoms with Gasteiger partial charge in [-0.25, -0.2) is 0 Å². The Hall–Kier alpha value is -3.90. The lowest BCUT2D eigenvalue weighted by molar-refractivity contribution is 0.568. The summed E-state index contributed by atoms with van der Waals surface area (Å²) < 4.78 is 0. The molecule has 334 valence electrons. The van der Waals surface area contributed by atoms with E-state index in [1.807, 2.05) is 0 Å². The second-order valence-corrected chi connectivity index (χ2v) is 27.1. The standard InChI is InChI=1S/C62H86/c1-55(2,3)43-25-39(26-44(33-43)56(4,5)6)51-37-53(41-29-47(59(13,14)15)35-48(30-41)60(16,17)18)54(42-31-49(61(19,20)21)36-50(32-42)62(22,23)24)38-52(51)40-27-45(57(7,8)9)34-46(28-40)58(10,11)12/h25-38H,1-24H3. The van der Waals surface area contributed by atoms with E-state index in [-0.39, 0.29) is 43.3 Å². The number of hydrogen-bond acceptors (Lipinski definition) is 0. The summed E-state index contributed by atoms with van der Waals surface area (Å²) in [5, 5.41) is 0. The Bertz CT molecular complexity index is 1960. The van der Waals surface area contributed by atoms with Gasteiger partial charge in [-0.05, 0) is 144 Å². The number of benzene rings is 5. The third-order valence-corrected chi connectivity index (χ3v) is 13.1. The summed E-state index contributed by atoms with van der Waals surface area (Å²) in [4.78, 5) is 0. The van der Waals surface area contributed by atoms with Gasteiger partial charge in [0.15, 0.2) is 0 Å². The Morgan fingerprint density at radius 3 is 0.371 bits per heavy atom. The molecule has 5 rings (SSSR count). The van der Waals surface area contributed by atoms with Crippen LogP contribution in [0.25, 0.3) is 44.5 Å². The van der Waals surface area contributed by atoms with Gasteiger partial charge in [0.1, 0.15) is 0 Å². The van der Waals surface area contributed by atoms with Crippen LogP contribution in [0.15, 0.2) is 84.9 Å². The van der Waals surface area contributed by atoms with Gasteiger partial charge in [0, 0.05) is 0 Å². The van der Waals surface area contributed by atoms with Crippen molar-refractivity contribution in [2.45, 2.75) is 209 Å². The summed E-state index contributed by atoms with van der Waals surface area (Å²) >= 11 is 0. The molecule has 0 N–H and O–H groups in total. The average Bonchev–Trinajstić information content (AvgIpc) is 3.10. The van der Waals surface area contributed by atoms with E-state index >= 15 is 0 Å². The second kappa shape index (κ2) is 16.0. The maximum atomic E-state index is 2.59. The van der Waals surface area contributed by atoms with Crippen LogP contribution in [0.5, 0.6) is 0 Å². The lowest BCUT2D eigenvalue weighted by atomic mass is 9.74. The van der Waals surface area contributed by atoms with E-state index in [9.17, 15) is 0 Å². The highest BCUT2D eigenvalue weighted by Gasteiger charge is 2.29. The third-order valence-electron chi connectivity index (χ3n) is 13.1. The Labute approximate surface area is 381 Å². The van der Waals surface area contributed by atoms with Gasteiger partial charge in [0.25, 0.3) is 0 Å². The van der Waals surface area contributed by atoms with Gasteiger partial charge in [-0.3, -0.25) is 0 Å². The minimum absolute atomic E-state index is 0.0239. The molecule has 0 spiro atoms. The Morgan fingerprint density at radius 1 is 0.161 bits per heavy atom. The predicted molar refractivity (Wildman–Crippen MR) is 278 cm³/mol. The molecule has 0 heteroatoms. The summed E-state index contributed by atoms with van der Waals surface area (Å²) in [6, 6.07) is 35.0. The average molecular weight is 831 g/mol. The zero-order chi connectivity index (χ0) is 47.1. The van der Waals surface area contributed by atoms with Crippen molar-refractivity contribution in [2.75, 3.05) is 0 Å². The molecular formula is C62H86. The molecule has 0 radical (unpaired) electrons. The normalized spacial score (nSPS) is 13.8. The van der Waals surface area contributed by atoms with Crippen LogP contribution < -0.4 is 0 Å². The second-order valence-electron chi connectivity index (χ2n) is 27.1. The molecule has 0 aromatic heterocycles. The molecule has 0 fully saturated rings. The van der Waals surface area contributed by atoms with Crippen LogP contribution in [-0.2, 0) is 43.3 Å². The molecule has 0 amide bonds. The molecule has 0 saturated heterocycles. The van der Waals surface area contributed by atoms with Gasteiger partial charge in [-0.1, -0.05) is 239 Å². The van der Waals surface area contributed by atoms with E-state index in [1.165, 1.54) is 89.0 Å². The molecule has 5 aromatic rings. The minimum Gasteiger partial charge on any atom is -0.0561 e. The zero-order valence-electron chi connectivity index (χ0n) is 44.1. The highest BCUT2D eigenvalue weighted by molar-refractivity contribution is 5.96. The van der Waals surface area contributed by atoms with Gasteiger partial charge >= 0.3 is 0 Å². The van der Waals surface area contributed by atoms with Crippen molar-refractivity contribution in [1.29, 1.82) is 0 Å². The molecule has 0 bridgehead atoms. The monoisotopic (exact) mass is 831 g/mol. The molecule has 62 heavy (non-hydrogen) atoms. The molecule has 0 aliphatic rings. The third kappa shape index (κ3) is 11.1. The summed E-state index contributed by atoms with van der Waals surface area (Å²) in [5.74, 6) is 0. The maximum absolute atomic E-state index is 2.59. The lowest BCUT2D eigenvalue weighted by Crippen LogP contribution is -2.17. The number of rotatable bonds is 4. The summed E-state index contributed by atoms with van der Waals surface area (Å²) in [7, 11) is 0. The minimum atomic E-state index is -0.0239. The molecular weight excluding hydrogens is 745 g/mol. The van der Waals surface area contributed by atoms with Crippen LogP contribution in [0.3, 0.4) is 0 Å². The van der Waals surface area contributed by atoms with Gasteiger partial charge in [-0.15, -0.1) is 0 Å². The van der Waals surface area contributed by atoms with Crippen molar-refractivity contribution < 1.29 is 0 Å². The fourth-order valence-corrected chi connectivity index (χ4v) is 8.15. The van der Waals surface area contributed by atoms with Crippen LogP contribution >= 0.6 is 0 Å². The maximum Gasteiger partial charge on any atom is -0.00986 e. The zero-order valence-corrected chi connectivity index (χ0v) is 44.1. The molecule has 5 aromatic carbocycles. The summed E-state index contributed by atoms with van der Waals surface area (Å²) in [6.07, 6.45) is 0. The van der Waals surface area contributed by atoms with Crippen LogP contribution in [-0.4, -0.2) is 0 Å². The van der Waals surface area contributed by atoms with Crippen molar-refractivity contribution in [3.8, 4) is 44.5 Å². The topological polar surface area (TPSA) is 0 Å². The molecule has 0 aliphatic carbocycles. The van der Waals surface area contributed by atoms with Crippen LogP contribution in [0.2, 0.25) is 0 Å². The van der Waals surface area contributed by atoms with Gasteiger partial charge < -0.3 is 0 Å². The van der Waals surface area contributed by atoms with Crippen molar-refractivity contribution in [1.82, 2.24) is 0 Å². The molecule has 0 aliphatic heterocycles. The van der Waals surface area contributed by atoms with Crippen molar-refractivity contribution >= 4 is 0 Å². The first-order valence-corrected chi connectivity index (χ1v) is 23.6. The molecule has 0 saturated carbocycles. The van der Waals surface area contributed by atoms with Gasteiger partial charge in [0.2, 0.25) is 0 Å². The Kier molecular flexibility index (Phi) is 12.6. The molecule has 0 unspecified atom stereocenters. The summed E-state index contributed by atoms with van der Waals surface area (Å²) in [6.45, 7) is 56.6. The van der Waals surface area contributed by atoms with Crippen molar-refractivity contribution in [3.05, 3.63) is 129 Å². The van der Waals surface area contributed by atoms with Crippen LogP contribution in [0.1, 0.15) is 211 Å². The SMILES string of the molecule is CC(C)(C)c1cc(-c2cc(-c3cc(C(C)(C)C)cc(C(C)(C)C)c3)c(-c3cc(C(C)(C)C)cc(C(C)(C)C)c3)cc2-c2cc(C(C)(C)C)cc(C(C)(C)C)c2)cc(C(C)(C)C)c1. The largest absolute Gasteiger partial charge is 0.0561 e. The van der Waals surface area contributed by atoms with Crippen LogP contribution in [0.4, 0.5) is 0 Å². The summed E-state index contributed by atoms with van der Waals surface area (Å²) in [5.41, 5.74) is 21.0. The van der Waals surface area contributed by atoms with Crippen molar-refractivity contribution in [3.63, 3.8) is 0 Å². The first-order chi connectivity index (χ1) is 27.7. The quantitative estimate of drug-likeness (QED) is 0.169. The van der Waals surface area contributed by atoms with Gasteiger partial charge in [0.05, 0.1) is 0 Å². The number of hydrogen-bond donors (Lipinski definition) is 0. The van der Waals surface area contributed by atoms with Crippen LogP contribution in [0, 0.1) is 0 Å². The smallest absolute Gasteiger partial charge is 0.00986 e. The molecule has 0 heterocycles. The van der Waals surface area contributed by atoms with E-state index in [2.05, 4.69) is 251 Å². The fraction of sp³-hybridized carbons (Fsp3) is 0.516. The predicted octanol–water partition coefficient (Wildman–Crippen LogP) is 18.7.